The Kier molecular flexibility index (Phi) is 3.79. The Hall–Kier alpha value is 1.03. The van der Waals surface area contributed by atoms with Gasteiger partial charge in [-0.2, -0.15) is 0 Å². The van der Waals surface area contributed by atoms with Crippen LogP contribution in [0.4, 0.5) is 0 Å². The van der Waals surface area contributed by atoms with Gasteiger partial charge in [0, 0.05) is 12.0 Å². The maximum absolute atomic E-state index is 2.38. The van der Waals surface area contributed by atoms with Gasteiger partial charge in [0.05, 0.1) is 0 Å². The number of hydrogen-bond donors (Lipinski definition) is 0. The average Bonchev–Trinajstić information content (AvgIpc) is 1.95. The van der Waals surface area contributed by atoms with Crippen molar-refractivity contribution >= 4 is 56.9 Å². The molecule has 0 aromatic heterocycles. The van der Waals surface area contributed by atoms with E-state index in [1.165, 1.54) is 12.0 Å². The predicted octanol–water partition coefficient (Wildman–Crippen LogP) is 3.62. The normalized spacial score (nSPS) is 9.90. The number of halogens is 2. The molecular formula is C7H6I2S. The standard InChI is InChI=1S/C7H6I2S/c1-10-6-4-2-3-5(8)7(6)9/h2-4H,1H3. The Balaban J connectivity index is 3.14. The Morgan fingerprint density at radius 1 is 1.30 bits per heavy atom. The van der Waals surface area contributed by atoms with E-state index >= 15 is 0 Å². The van der Waals surface area contributed by atoms with Gasteiger partial charge in [-0.15, -0.1) is 11.8 Å². The number of hydrogen-bond acceptors (Lipinski definition) is 1. The molecule has 0 aliphatic rings. The molecule has 0 nitrogen and oxygen atoms in total. The van der Waals surface area contributed by atoms with Gasteiger partial charge in [-0.05, 0) is 63.6 Å². The third kappa shape index (κ3) is 2.01. The lowest BCUT2D eigenvalue weighted by molar-refractivity contribution is 1.37. The van der Waals surface area contributed by atoms with Gasteiger partial charge < -0.3 is 0 Å². The van der Waals surface area contributed by atoms with E-state index in [1.807, 2.05) is 0 Å². The van der Waals surface area contributed by atoms with Crippen LogP contribution in [0.3, 0.4) is 0 Å². The molecule has 1 aromatic carbocycles. The SMILES string of the molecule is CSc1cccc(I)c1I. The van der Waals surface area contributed by atoms with E-state index in [4.69, 9.17) is 0 Å². The number of thioether (sulfide) groups is 1. The highest BCUT2D eigenvalue weighted by Gasteiger charge is 1.99. The van der Waals surface area contributed by atoms with Crippen molar-refractivity contribution in [3.05, 3.63) is 25.3 Å². The van der Waals surface area contributed by atoms with Gasteiger partial charge in [-0.1, -0.05) is 6.07 Å². The van der Waals surface area contributed by atoms with E-state index in [0.717, 1.165) is 0 Å². The molecule has 0 saturated heterocycles. The second kappa shape index (κ2) is 4.15. The van der Waals surface area contributed by atoms with Crippen LogP contribution in [0.25, 0.3) is 0 Å². The Bertz CT molecular complexity index is 235. The van der Waals surface area contributed by atoms with Crippen molar-refractivity contribution in [2.24, 2.45) is 0 Å². The minimum atomic E-state index is 1.34. The highest BCUT2D eigenvalue weighted by molar-refractivity contribution is 14.1. The van der Waals surface area contributed by atoms with Crippen molar-refractivity contribution in [2.45, 2.75) is 4.90 Å². The molecule has 10 heavy (non-hydrogen) atoms. The maximum atomic E-state index is 2.38. The highest BCUT2D eigenvalue weighted by Crippen LogP contribution is 2.25. The Morgan fingerprint density at radius 2 is 2.00 bits per heavy atom. The van der Waals surface area contributed by atoms with Crippen LogP contribution >= 0.6 is 56.9 Å². The van der Waals surface area contributed by atoms with Gasteiger partial charge in [0.25, 0.3) is 0 Å². The molecule has 0 atom stereocenters. The molecule has 0 radical (unpaired) electrons. The predicted molar refractivity (Wildman–Crippen MR) is 63.7 cm³/mol. The first kappa shape index (κ1) is 9.12. The van der Waals surface area contributed by atoms with Gasteiger partial charge in [0.1, 0.15) is 0 Å². The molecule has 0 fully saturated rings. The molecule has 0 N–H and O–H groups in total. The summed E-state index contributed by atoms with van der Waals surface area (Å²) >= 11 is 6.53. The third-order valence-corrected chi connectivity index (χ3v) is 5.38. The van der Waals surface area contributed by atoms with Crippen molar-refractivity contribution < 1.29 is 0 Å². The van der Waals surface area contributed by atoms with Crippen molar-refractivity contribution in [1.29, 1.82) is 0 Å². The van der Waals surface area contributed by atoms with Crippen LogP contribution in [0.2, 0.25) is 0 Å². The van der Waals surface area contributed by atoms with Crippen LogP contribution in [0.1, 0.15) is 0 Å². The monoisotopic (exact) mass is 376 g/mol. The third-order valence-electron chi connectivity index (χ3n) is 1.14. The molecule has 3 heteroatoms. The van der Waals surface area contributed by atoms with Crippen molar-refractivity contribution in [2.75, 3.05) is 6.26 Å². The molecule has 54 valence electrons. The van der Waals surface area contributed by atoms with Gasteiger partial charge in [-0.3, -0.25) is 0 Å². The zero-order valence-electron chi connectivity index (χ0n) is 5.40. The van der Waals surface area contributed by atoms with Crippen LogP contribution in [0.15, 0.2) is 23.1 Å². The first-order valence-corrected chi connectivity index (χ1v) is 6.12. The molecule has 0 aliphatic carbocycles. The summed E-state index contributed by atoms with van der Waals surface area (Å²) < 4.78 is 2.71. The average molecular weight is 376 g/mol. The minimum absolute atomic E-state index is 1.34. The molecule has 0 aliphatic heterocycles. The van der Waals surface area contributed by atoms with E-state index in [0.29, 0.717) is 0 Å². The summed E-state index contributed by atoms with van der Waals surface area (Å²) in [5.74, 6) is 0. The number of rotatable bonds is 1. The van der Waals surface area contributed by atoms with Crippen LogP contribution in [0.5, 0.6) is 0 Å². The fourth-order valence-electron chi connectivity index (χ4n) is 0.642. The fraction of sp³-hybridized carbons (Fsp3) is 0.143. The molecule has 0 bridgehead atoms. The quantitative estimate of drug-likeness (QED) is 0.533. The summed E-state index contributed by atoms with van der Waals surface area (Å²) in [6, 6.07) is 6.37. The molecule has 0 saturated carbocycles. The van der Waals surface area contributed by atoms with Gasteiger partial charge in [0.2, 0.25) is 0 Å². The molecule has 0 unspecified atom stereocenters. The van der Waals surface area contributed by atoms with Crippen LogP contribution in [-0.2, 0) is 0 Å². The zero-order valence-corrected chi connectivity index (χ0v) is 10.5. The van der Waals surface area contributed by atoms with Crippen molar-refractivity contribution in [3.8, 4) is 0 Å². The molecule has 0 spiro atoms. The Morgan fingerprint density at radius 3 is 2.50 bits per heavy atom. The van der Waals surface area contributed by atoms with E-state index < -0.39 is 0 Å². The lowest BCUT2D eigenvalue weighted by Gasteiger charge is -2.00. The number of benzene rings is 1. The second-order valence-corrected chi connectivity index (χ2v) is 4.85. The van der Waals surface area contributed by atoms with Gasteiger partial charge in [-0.25, -0.2) is 0 Å². The summed E-state index contributed by atoms with van der Waals surface area (Å²) in [4.78, 5) is 1.37. The zero-order chi connectivity index (χ0) is 7.56. The van der Waals surface area contributed by atoms with E-state index in [2.05, 4.69) is 69.6 Å². The lowest BCUT2D eigenvalue weighted by atomic mass is 10.4. The highest BCUT2D eigenvalue weighted by atomic mass is 127. The van der Waals surface area contributed by atoms with Crippen molar-refractivity contribution in [3.63, 3.8) is 0 Å². The van der Waals surface area contributed by atoms with Gasteiger partial charge >= 0.3 is 0 Å². The van der Waals surface area contributed by atoms with Crippen molar-refractivity contribution in [1.82, 2.24) is 0 Å². The second-order valence-electron chi connectivity index (χ2n) is 1.76. The first-order valence-electron chi connectivity index (χ1n) is 2.73. The topological polar surface area (TPSA) is 0 Å². The molecular weight excluding hydrogens is 370 g/mol. The summed E-state index contributed by atoms with van der Waals surface area (Å²) in [6.07, 6.45) is 2.10. The fourth-order valence-corrected chi connectivity index (χ4v) is 2.85. The minimum Gasteiger partial charge on any atom is -0.128 e. The van der Waals surface area contributed by atoms with Crippen LogP contribution in [-0.4, -0.2) is 6.26 Å². The van der Waals surface area contributed by atoms with E-state index in [9.17, 15) is 0 Å². The summed E-state index contributed by atoms with van der Waals surface area (Å²) in [7, 11) is 0. The Labute approximate surface area is 92.4 Å². The van der Waals surface area contributed by atoms with Crippen LogP contribution < -0.4 is 0 Å². The summed E-state index contributed by atoms with van der Waals surface area (Å²) in [5.41, 5.74) is 0. The largest absolute Gasteiger partial charge is 0.128 e. The summed E-state index contributed by atoms with van der Waals surface area (Å²) in [5, 5.41) is 0. The first-order chi connectivity index (χ1) is 4.75. The molecule has 0 heterocycles. The maximum Gasteiger partial charge on any atom is 0.0399 e. The molecule has 1 rings (SSSR count). The van der Waals surface area contributed by atoms with E-state index in [-0.39, 0.29) is 0 Å². The van der Waals surface area contributed by atoms with Crippen LogP contribution in [0, 0.1) is 7.14 Å². The summed E-state index contributed by atoms with van der Waals surface area (Å²) in [6.45, 7) is 0. The lowest BCUT2D eigenvalue weighted by Crippen LogP contribution is -1.81. The molecule has 0 amide bonds. The molecule has 1 aromatic rings. The van der Waals surface area contributed by atoms with Gasteiger partial charge in [0.15, 0.2) is 0 Å². The smallest absolute Gasteiger partial charge is 0.0399 e. The van der Waals surface area contributed by atoms with E-state index in [1.54, 1.807) is 11.8 Å².